The number of benzene rings is 1. The minimum absolute atomic E-state index is 0.183. The molecule has 2 amide bonds. The largest absolute Gasteiger partial charge is 0.332 e. The molecule has 1 aromatic rings. The summed E-state index contributed by atoms with van der Waals surface area (Å²) in [7, 11) is 0. The number of hydrogen-bond acceptors (Lipinski definition) is 1. The van der Waals surface area contributed by atoms with Crippen LogP contribution in [0.1, 0.15) is 18.5 Å². The molecule has 4 heteroatoms. The van der Waals surface area contributed by atoms with Crippen molar-refractivity contribution in [1.82, 2.24) is 10.6 Å². The van der Waals surface area contributed by atoms with E-state index in [1.54, 1.807) is 12.1 Å². The Balaban J connectivity index is 2.52. The topological polar surface area (TPSA) is 41.1 Å². The molecule has 1 aromatic carbocycles. The molecule has 0 bridgehead atoms. The summed E-state index contributed by atoms with van der Waals surface area (Å²) in [6.45, 7) is 1.99. The van der Waals surface area contributed by atoms with Crippen LogP contribution in [0.15, 0.2) is 24.3 Å². The van der Waals surface area contributed by atoms with Crippen LogP contribution in [-0.2, 0) is 0 Å². The van der Waals surface area contributed by atoms with Gasteiger partial charge in [0.05, 0.1) is 12.6 Å². The Kier molecular flexibility index (Phi) is 4.34. The van der Waals surface area contributed by atoms with E-state index in [2.05, 4.69) is 16.6 Å². The van der Waals surface area contributed by atoms with Crippen molar-refractivity contribution >= 4 is 6.03 Å². The Morgan fingerprint density at radius 1 is 1.50 bits per heavy atom. The van der Waals surface area contributed by atoms with Crippen molar-refractivity contribution in [3.8, 4) is 12.3 Å². The second kappa shape index (κ2) is 5.76. The fraction of sp³-hybridized carbons (Fsp3) is 0.250. The van der Waals surface area contributed by atoms with Gasteiger partial charge >= 0.3 is 6.03 Å². The van der Waals surface area contributed by atoms with E-state index in [-0.39, 0.29) is 24.4 Å². The summed E-state index contributed by atoms with van der Waals surface area (Å²) < 4.78 is 12.7. The summed E-state index contributed by atoms with van der Waals surface area (Å²) >= 11 is 0. The van der Waals surface area contributed by atoms with Crippen molar-refractivity contribution in [2.75, 3.05) is 6.54 Å². The first-order chi connectivity index (χ1) is 7.63. The molecule has 0 aromatic heterocycles. The van der Waals surface area contributed by atoms with Gasteiger partial charge in [-0.25, -0.2) is 9.18 Å². The number of nitrogens with one attached hydrogen (secondary N) is 2. The molecule has 0 heterocycles. The van der Waals surface area contributed by atoms with Crippen molar-refractivity contribution in [3.63, 3.8) is 0 Å². The molecule has 0 aliphatic carbocycles. The molecule has 0 radical (unpaired) electrons. The van der Waals surface area contributed by atoms with Crippen LogP contribution in [-0.4, -0.2) is 12.6 Å². The van der Waals surface area contributed by atoms with Crippen LogP contribution in [0.2, 0.25) is 0 Å². The lowest BCUT2D eigenvalue weighted by molar-refractivity contribution is 0.239. The number of rotatable bonds is 3. The fourth-order valence-corrected chi connectivity index (χ4v) is 1.21. The summed E-state index contributed by atoms with van der Waals surface area (Å²) in [5, 5.41) is 5.17. The number of halogens is 1. The number of carbonyl (C=O) groups is 1. The Hall–Kier alpha value is -2.02. The van der Waals surface area contributed by atoms with E-state index in [1.165, 1.54) is 12.1 Å². The van der Waals surface area contributed by atoms with Crippen LogP contribution in [0.4, 0.5) is 9.18 Å². The second-order valence-corrected chi connectivity index (χ2v) is 3.30. The van der Waals surface area contributed by atoms with Gasteiger partial charge in [0.1, 0.15) is 5.82 Å². The quantitative estimate of drug-likeness (QED) is 0.749. The molecule has 0 aliphatic heterocycles. The standard InChI is InChI=1S/C12H13FN2O/c1-3-8-14-12(16)15-9(2)10-4-6-11(13)7-5-10/h1,4-7,9H,8H2,2H3,(H2,14,15,16). The Morgan fingerprint density at radius 3 is 2.69 bits per heavy atom. The van der Waals surface area contributed by atoms with Gasteiger partial charge in [-0.15, -0.1) is 6.42 Å². The Bertz CT molecular complexity index is 394. The van der Waals surface area contributed by atoms with Crippen LogP contribution in [0.3, 0.4) is 0 Å². The van der Waals surface area contributed by atoms with E-state index in [9.17, 15) is 9.18 Å². The van der Waals surface area contributed by atoms with Crippen molar-refractivity contribution in [2.45, 2.75) is 13.0 Å². The first-order valence-corrected chi connectivity index (χ1v) is 4.86. The van der Waals surface area contributed by atoms with E-state index in [0.717, 1.165) is 5.56 Å². The van der Waals surface area contributed by atoms with Crippen LogP contribution < -0.4 is 10.6 Å². The lowest BCUT2D eigenvalue weighted by Gasteiger charge is -2.14. The summed E-state index contributed by atoms with van der Waals surface area (Å²) in [6, 6.07) is 5.43. The molecule has 0 spiro atoms. The summed E-state index contributed by atoms with van der Waals surface area (Å²) in [6.07, 6.45) is 5.00. The normalized spacial score (nSPS) is 11.3. The molecule has 16 heavy (non-hydrogen) atoms. The van der Waals surface area contributed by atoms with Gasteiger partial charge in [0.2, 0.25) is 0 Å². The summed E-state index contributed by atoms with van der Waals surface area (Å²) in [4.78, 5) is 11.3. The lowest BCUT2D eigenvalue weighted by Crippen LogP contribution is -2.37. The Labute approximate surface area is 94.0 Å². The van der Waals surface area contributed by atoms with Crippen LogP contribution in [0.25, 0.3) is 0 Å². The minimum Gasteiger partial charge on any atom is -0.332 e. The van der Waals surface area contributed by atoms with Gasteiger partial charge < -0.3 is 10.6 Å². The smallest absolute Gasteiger partial charge is 0.316 e. The van der Waals surface area contributed by atoms with Gasteiger partial charge in [0.25, 0.3) is 0 Å². The molecule has 1 rings (SSSR count). The van der Waals surface area contributed by atoms with Gasteiger partial charge in [0.15, 0.2) is 0 Å². The van der Waals surface area contributed by atoms with E-state index in [0.29, 0.717) is 0 Å². The highest BCUT2D eigenvalue weighted by molar-refractivity contribution is 5.74. The number of terminal acetylenes is 1. The van der Waals surface area contributed by atoms with Crippen molar-refractivity contribution < 1.29 is 9.18 Å². The molecule has 1 unspecified atom stereocenters. The van der Waals surface area contributed by atoms with E-state index >= 15 is 0 Å². The van der Waals surface area contributed by atoms with Gasteiger partial charge in [-0.2, -0.15) is 0 Å². The average Bonchev–Trinajstić information content (AvgIpc) is 2.27. The number of amides is 2. The maximum atomic E-state index is 12.7. The second-order valence-electron chi connectivity index (χ2n) is 3.30. The third-order valence-corrected chi connectivity index (χ3v) is 2.07. The summed E-state index contributed by atoms with van der Waals surface area (Å²) in [5.41, 5.74) is 0.831. The zero-order valence-electron chi connectivity index (χ0n) is 8.96. The van der Waals surface area contributed by atoms with Crippen molar-refractivity contribution in [3.05, 3.63) is 35.6 Å². The molecular weight excluding hydrogens is 207 g/mol. The third kappa shape index (κ3) is 3.62. The highest BCUT2D eigenvalue weighted by atomic mass is 19.1. The molecule has 2 N–H and O–H groups in total. The fourth-order valence-electron chi connectivity index (χ4n) is 1.21. The van der Waals surface area contributed by atoms with Gasteiger partial charge in [-0.1, -0.05) is 18.1 Å². The average molecular weight is 220 g/mol. The first kappa shape index (κ1) is 12.1. The number of carbonyl (C=O) groups excluding carboxylic acids is 1. The van der Waals surface area contributed by atoms with Crippen molar-refractivity contribution in [2.24, 2.45) is 0 Å². The first-order valence-electron chi connectivity index (χ1n) is 4.86. The molecular formula is C12H13FN2O. The highest BCUT2D eigenvalue weighted by Crippen LogP contribution is 2.12. The lowest BCUT2D eigenvalue weighted by atomic mass is 10.1. The van der Waals surface area contributed by atoms with Gasteiger partial charge in [-0.05, 0) is 24.6 Å². The van der Waals surface area contributed by atoms with Crippen LogP contribution in [0.5, 0.6) is 0 Å². The third-order valence-electron chi connectivity index (χ3n) is 2.07. The molecule has 84 valence electrons. The van der Waals surface area contributed by atoms with E-state index in [1.807, 2.05) is 6.92 Å². The zero-order valence-corrected chi connectivity index (χ0v) is 8.96. The minimum atomic E-state index is -0.338. The van der Waals surface area contributed by atoms with Gasteiger partial charge in [0, 0.05) is 0 Å². The maximum Gasteiger partial charge on any atom is 0.316 e. The Morgan fingerprint density at radius 2 is 2.12 bits per heavy atom. The zero-order chi connectivity index (χ0) is 12.0. The predicted molar refractivity (Wildman–Crippen MR) is 60.2 cm³/mol. The molecule has 3 nitrogen and oxygen atoms in total. The van der Waals surface area contributed by atoms with Gasteiger partial charge in [-0.3, -0.25) is 0 Å². The molecule has 0 fully saturated rings. The SMILES string of the molecule is C#CCNC(=O)NC(C)c1ccc(F)cc1. The molecule has 1 atom stereocenters. The molecule has 0 aliphatic rings. The summed E-state index contributed by atoms with van der Waals surface area (Å²) in [5.74, 6) is 2.00. The number of urea groups is 1. The maximum absolute atomic E-state index is 12.7. The molecule has 0 saturated heterocycles. The van der Waals surface area contributed by atoms with Crippen LogP contribution in [0, 0.1) is 18.2 Å². The highest BCUT2D eigenvalue weighted by Gasteiger charge is 2.08. The predicted octanol–water partition coefficient (Wildman–Crippen LogP) is 1.82. The van der Waals surface area contributed by atoms with E-state index < -0.39 is 0 Å². The van der Waals surface area contributed by atoms with Crippen LogP contribution >= 0.6 is 0 Å². The number of hydrogen-bond donors (Lipinski definition) is 2. The van der Waals surface area contributed by atoms with Crippen molar-refractivity contribution in [1.29, 1.82) is 0 Å². The monoisotopic (exact) mass is 220 g/mol. The molecule has 0 saturated carbocycles. The van der Waals surface area contributed by atoms with E-state index in [4.69, 9.17) is 6.42 Å².